The maximum absolute atomic E-state index is 13.5. The van der Waals surface area contributed by atoms with Crippen LogP contribution in [0.3, 0.4) is 0 Å². The minimum atomic E-state index is -0.587. The fourth-order valence-corrected chi connectivity index (χ4v) is 1.85. The molecule has 5 heteroatoms. The minimum Gasteiger partial charge on any atom is -0.322 e. The van der Waals surface area contributed by atoms with Gasteiger partial charge in [-0.05, 0) is 30.5 Å². The van der Waals surface area contributed by atoms with E-state index in [0.717, 1.165) is 0 Å². The van der Waals surface area contributed by atoms with Crippen molar-refractivity contribution in [3.63, 3.8) is 0 Å². The van der Waals surface area contributed by atoms with Crippen molar-refractivity contribution in [1.82, 2.24) is 0 Å². The van der Waals surface area contributed by atoms with Crippen LogP contribution >= 0.6 is 11.6 Å². The highest BCUT2D eigenvalue weighted by molar-refractivity contribution is 6.30. The first-order chi connectivity index (χ1) is 7.08. The molecule has 3 N–H and O–H groups in total. The first-order valence-corrected chi connectivity index (χ1v) is 5.00. The van der Waals surface area contributed by atoms with Gasteiger partial charge in [0.2, 0.25) is 5.91 Å². The maximum Gasteiger partial charge on any atom is 0.241 e. The third kappa shape index (κ3) is 1.96. The number of halogens is 2. The van der Waals surface area contributed by atoms with Crippen LogP contribution in [0.15, 0.2) is 12.1 Å². The zero-order valence-electron chi connectivity index (χ0n) is 7.89. The molecule has 0 aliphatic carbocycles. The van der Waals surface area contributed by atoms with Crippen molar-refractivity contribution in [2.45, 2.75) is 18.9 Å². The SMILES string of the molecule is NC1CCc2cc(Cl)cc(F)c2NC1=O. The lowest BCUT2D eigenvalue weighted by molar-refractivity contribution is -0.117. The number of anilines is 1. The Morgan fingerprint density at radius 2 is 2.27 bits per heavy atom. The number of fused-ring (bicyclic) bond motifs is 1. The third-order valence-corrected chi connectivity index (χ3v) is 2.66. The fraction of sp³-hybridized carbons (Fsp3) is 0.300. The zero-order chi connectivity index (χ0) is 11.0. The molecule has 1 unspecified atom stereocenters. The first-order valence-electron chi connectivity index (χ1n) is 4.62. The van der Waals surface area contributed by atoms with E-state index in [1.54, 1.807) is 6.07 Å². The number of rotatable bonds is 0. The first kappa shape index (κ1) is 10.4. The van der Waals surface area contributed by atoms with Crippen LogP contribution in [0.25, 0.3) is 0 Å². The number of hydrogen-bond donors (Lipinski definition) is 2. The molecule has 1 aliphatic rings. The van der Waals surface area contributed by atoms with Crippen LogP contribution in [-0.4, -0.2) is 11.9 Å². The Morgan fingerprint density at radius 3 is 3.00 bits per heavy atom. The number of hydrogen-bond acceptors (Lipinski definition) is 2. The van der Waals surface area contributed by atoms with Gasteiger partial charge < -0.3 is 11.1 Å². The molecule has 1 atom stereocenters. The number of carbonyl (C=O) groups is 1. The van der Waals surface area contributed by atoms with Crippen molar-refractivity contribution in [2.75, 3.05) is 5.32 Å². The zero-order valence-corrected chi connectivity index (χ0v) is 8.64. The molecule has 80 valence electrons. The number of carbonyl (C=O) groups excluding carboxylic acids is 1. The van der Waals surface area contributed by atoms with E-state index in [2.05, 4.69) is 5.32 Å². The monoisotopic (exact) mass is 228 g/mol. The summed E-state index contributed by atoms with van der Waals surface area (Å²) in [5.74, 6) is -0.866. The molecule has 3 nitrogen and oxygen atoms in total. The number of amides is 1. The number of aryl methyl sites for hydroxylation is 1. The van der Waals surface area contributed by atoms with E-state index >= 15 is 0 Å². The van der Waals surface area contributed by atoms with E-state index in [0.29, 0.717) is 23.4 Å². The smallest absolute Gasteiger partial charge is 0.241 e. The molecule has 1 heterocycles. The van der Waals surface area contributed by atoms with E-state index in [-0.39, 0.29) is 11.6 Å². The van der Waals surface area contributed by atoms with Crippen LogP contribution in [0.4, 0.5) is 10.1 Å². The van der Waals surface area contributed by atoms with Crippen LogP contribution in [0.5, 0.6) is 0 Å². The summed E-state index contributed by atoms with van der Waals surface area (Å²) in [6.07, 6.45) is 1.05. The Balaban J connectivity index is 2.47. The van der Waals surface area contributed by atoms with Crippen molar-refractivity contribution in [2.24, 2.45) is 5.73 Å². The second kappa shape index (κ2) is 3.79. The highest BCUT2D eigenvalue weighted by atomic mass is 35.5. The van der Waals surface area contributed by atoms with Crippen molar-refractivity contribution < 1.29 is 9.18 Å². The predicted octanol–water partition coefficient (Wildman–Crippen LogP) is 1.69. The summed E-state index contributed by atoms with van der Waals surface area (Å²) in [6, 6.07) is 2.24. The van der Waals surface area contributed by atoms with E-state index in [4.69, 9.17) is 17.3 Å². The van der Waals surface area contributed by atoms with Crippen molar-refractivity contribution in [3.05, 3.63) is 28.5 Å². The fourth-order valence-electron chi connectivity index (χ4n) is 1.62. The maximum atomic E-state index is 13.5. The number of nitrogens with one attached hydrogen (secondary N) is 1. The van der Waals surface area contributed by atoms with Crippen LogP contribution in [-0.2, 0) is 11.2 Å². The minimum absolute atomic E-state index is 0.206. The van der Waals surface area contributed by atoms with Gasteiger partial charge in [0.1, 0.15) is 5.82 Å². The second-order valence-electron chi connectivity index (χ2n) is 3.56. The van der Waals surface area contributed by atoms with Gasteiger partial charge in [-0.25, -0.2) is 4.39 Å². The van der Waals surface area contributed by atoms with Crippen molar-refractivity contribution in [1.29, 1.82) is 0 Å². The molecule has 1 aromatic carbocycles. The normalized spacial score (nSPS) is 20.5. The molecule has 0 aromatic heterocycles. The standard InChI is InChI=1S/C10H10ClFN2O/c11-6-3-5-1-2-8(13)10(15)14-9(5)7(12)4-6/h3-4,8H,1-2,13H2,(H,14,15). The molecule has 15 heavy (non-hydrogen) atoms. The molecule has 1 aliphatic heterocycles. The lowest BCUT2D eigenvalue weighted by Crippen LogP contribution is -2.34. The van der Waals surface area contributed by atoms with Gasteiger partial charge in [0.15, 0.2) is 0 Å². The Bertz CT molecular complexity index is 422. The molecule has 0 fully saturated rings. The number of nitrogens with two attached hydrogens (primary N) is 1. The molecule has 0 bridgehead atoms. The van der Waals surface area contributed by atoms with Gasteiger partial charge in [0.25, 0.3) is 0 Å². The summed E-state index contributed by atoms with van der Waals surface area (Å²) in [6.45, 7) is 0. The summed E-state index contributed by atoms with van der Waals surface area (Å²) in [7, 11) is 0. The van der Waals surface area contributed by atoms with Gasteiger partial charge in [-0.3, -0.25) is 4.79 Å². The van der Waals surface area contributed by atoms with E-state index in [1.165, 1.54) is 6.07 Å². The van der Waals surface area contributed by atoms with Gasteiger partial charge in [-0.1, -0.05) is 11.6 Å². The Labute approximate surface area is 91.4 Å². The molecular weight excluding hydrogens is 219 g/mol. The lowest BCUT2D eigenvalue weighted by Gasteiger charge is -2.08. The van der Waals surface area contributed by atoms with Gasteiger partial charge >= 0.3 is 0 Å². The topological polar surface area (TPSA) is 55.1 Å². The predicted molar refractivity (Wildman–Crippen MR) is 56.3 cm³/mol. The van der Waals surface area contributed by atoms with Crippen molar-refractivity contribution >= 4 is 23.2 Å². The summed E-state index contributed by atoms with van der Waals surface area (Å²) < 4.78 is 13.5. The molecular formula is C10H10ClFN2O. The van der Waals surface area contributed by atoms with Gasteiger partial charge in [-0.2, -0.15) is 0 Å². The molecule has 0 saturated carbocycles. The van der Waals surface area contributed by atoms with Gasteiger partial charge in [-0.15, -0.1) is 0 Å². The molecule has 0 radical (unpaired) electrons. The summed E-state index contributed by atoms with van der Waals surface area (Å²) in [5.41, 5.74) is 6.48. The Kier molecular flexibility index (Phi) is 2.63. The average molecular weight is 229 g/mol. The third-order valence-electron chi connectivity index (χ3n) is 2.45. The quantitative estimate of drug-likeness (QED) is 0.710. The summed E-state index contributed by atoms with van der Waals surface area (Å²) in [5, 5.41) is 2.80. The van der Waals surface area contributed by atoms with Crippen LogP contribution in [0.2, 0.25) is 5.02 Å². The lowest BCUT2D eigenvalue weighted by atomic mass is 10.1. The van der Waals surface area contributed by atoms with Gasteiger partial charge in [0, 0.05) is 5.02 Å². The van der Waals surface area contributed by atoms with Crippen LogP contribution in [0.1, 0.15) is 12.0 Å². The summed E-state index contributed by atoms with van der Waals surface area (Å²) >= 11 is 5.72. The number of benzene rings is 1. The highest BCUT2D eigenvalue weighted by Crippen LogP contribution is 2.28. The van der Waals surface area contributed by atoms with E-state index in [1.807, 2.05) is 0 Å². The second-order valence-corrected chi connectivity index (χ2v) is 3.99. The molecule has 0 saturated heterocycles. The largest absolute Gasteiger partial charge is 0.322 e. The average Bonchev–Trinajstić information content (AvgIpc) is 2.30. The molecule has 1 amide bonds. The summed E-state index contributed by atoms with van der Waals surface area (Å²) in [4.78, 5) is 11.4. The van der Waals surface area contributed by atoms with E-state index < -0.39 is 11.9 Å². The van der Waals surface area contributed by atoms with Crippen LogP contribution in [0, 0.1) is 5.82 Å². The van der Waals surface area contributed by atoms with Crippen molar-refractivity contribution in [3.8, 4) is 0 Å². The Morgan fingerprint density at radius 1 is 1.53 bits per heavy atom. The van der Waals surface area contributed by atoms with Crippen LogP contribution < -0.4 is 11.1 Å². The molecule has 0 spiro atoms. The Hall–Kier alpha value is -1.13. The molecule has 2 rings (SSSR count). The molecule has 1 aromatic rings. The highest BCUT2D eigenvalue weighted by Gasteiger charge is 2.22. The van der Waals surface area contributed by atoms with E-state index in [9.17, 15) is 9.18 Å². The van der Waals surface area contributed by atoms with Gasteiger partial charge in [0.05, 0.1) is 11.7 Å².